The summed E-state index contributed by atoms with van der Waals surface area (Å²) in [5.41, 5.74) is 0. The lowest BCUT2D eigenvalue weighted by Crippen LogP contribution is -1.75. The van der Waals surface area contributed by atoms with E-state index in [1.54, 1.807) is 155 Å². The summed E-state index contributed by atoms with van der Waals surface area (Å²) in [6.45, 7) is 0. The fourth-order valence-corrected chi connectivity index (χ4v) is 3.07. The van der Waals surface area contributed by atoms with Crippen LogP contribution in [-0.2, 0) is 0 Å². The molecule has 360 valence electrons. The number of nitrogens with zero attached hydrogens (tertiary/aromatic N) is 24. The third-order valence-corrected chi connectivity index (χ3v) is 5.79. The van der Waals surface area contributed by atoms with Crippen molar-refractivity contribution in [3.05, 3.63) is 296 Å². The predicted molar refractivity (Wildman–Crippen MR) is 264 cm³/mol. The van der Waals surface area contributed by atoms with E-state index in [1.165, 1.54) is 63.0 Å². The van der Waals surface area contributed by atoms with E-state index in [9.17, 15) is 0 Å². The molecule has 0 amide bonds. The molecule has 12 aromatic heterocycles. The van der Waals surface area contributed by atoms with Crippen molar-refractivity contribution in [2.75, 3.05) is 0 Å². The largest absolute Gasteiger partial charge is 0.265 e. The van der Waals surface area contributed by atoms with Crippen LogP contribution in [0.1, 0.15) is 0 Å². The maximum absolute atomic E-state index is 3.78. The smallest absolute Gasteiger partial charge is 0.138 e. The molecule has 72 heavy (non-hydrogen) atoms. The lowest BCUT2D eigenvalue weighted by atomic mass is 10.5. The first-order valence-corrected chi connectivity index (χ1v) is 20.5. The molecule has 24 heteroatoms. The van der Waals surface area contributed by atoms with Gasteiger partial charge in [0, 0.05) is 136 Å². The van der Waals surface area contributed by atoms with Gasteiger partial charge in [0.05, 0.1) is 12.4 Å². The molecule has 0 radical (unpaired) electrons. The number of hydrogen-bond acceptors (Lipinski definition) is 24. The van der Waals surface area contributed by atoms with Gasteiger partial charge in [0.25, 0.3) is 0 Å². The first-order chi connectivity index (χ1) is 36.0. The highest BCUT2D eigenvalue weighted by Crippen LogP contribution is 1.76. The maximum atomic E-state index is 3.78. The van der Waals surface area contributed by atoms with Crippen LogP contribution in [0.2, 0.25) is 0 Å². The van der Waals surface area contributed by atoms with Crippen LogP contribution >= 0.6 is 0 Å². The van der Waals surface area contributed by atoms with Gasteiger partial charge in [-0.15, -0.1) is 10.2 Å². The van der Waals surface area contributed by atoms with Crippen LogP contribution in [0.4, 0.5) is 0 Å². The Bertz CT molecular complexity index is 1610. The fraction of sp³-hybridized carbons (Fsp3) is 0. The summed E-state index contributed by atoms with van der Waals surface area (Å²) in [4.78, 5) is 58.8. The van der Waals surface area contributed by atoms with Gasteiger partial charge < -0.3 is 0 Å². The van der Waals surface area contributed by atoms with Gasteiger partial charge in [-0.1, -0.05) is 18.2 Å². The second-order valence-corrected chi connectivity index (χ2v) is 10.9. The van der Waals surface area contributed by atoms with Crippen LogP contribution in [0.5, 0.6) is 0 Å². The Morgan fingerprint density at radius 2 is 0.292 bits per heavy atom. The molecule has 0 atom stereocenters. The lowest BCUT2D eigenvalue weighted by Gasteiger charge is -1.70. The van der Waals surface area contributed by atoms with Crippen molar-refractivity contribution in [1.82, 2.24) is 121 Å². The molecule has 12 rings (SSSR count). The Morgan fingerprint density at radius 1 is 0.0972 bits per heavy atom. The van der Waals surface area contributed by atoms with E-state index < -0.39 is 0 Å². The Morgan fingerprint density at radius 3 is 0.375 bits per heavy atom. The average Bonchev–Trinajstić information content (AvgIpc) is 3.54. The van der Waals surface area contributed by atoms with Gasteiger partial charge in [-0.25, -0.2) is 54.8 Å². The van der Waals surface area contributed by atoms with Gasteiger partial charge in [-0.2, -0.15) is 30.6 Å². The minimum atomic E-state index is 1.39. The molecule has 0 saturated carbocycles. The molecule has 0 aromatic carbocycles. The van der Waals surface area contributed by atoms with Gasteiger partial charge >= 0.3 is 0 Å². The number of pyridine rings is 3. The fourth-order valence-electron chi connectivity index (χ4n) is 3.07. The highest BCUT2D eigenvalue weighted by molar-refractivity contribution is 4.90. The van der Waals surface area contributed by atoms with Crippen molar-refractivity contribution in [2.24, 2.45) is 0 Å². The minimum Gasteiger partial charge on any atom is -0.265 e. The molecular formula is C48H48N24. The van der Waals surface area contributed by atoms with Crippen molar-refractivity contribution in [3.8, 4) is 0 Å². The molecule has 0 aliphatic rings. The summed E-state index contributed by atoms with van der Waals surface area (Å²) in [6.07, 6.45) is 51.5. The van der Waals surface area contributed by atoms with E-state index in [2.05, 4.69) is 121 Å². The molecule has 12 aromatic rings. The van der Waals surface area contributed by atoms with Crippen LogP contribution in [0.3, 0.4) is 0 Å². The number of rotatable bonds is 0. The number of hydrogen-bond donors (Lipinski definition) is 0. The predicted octanol–water partition coefficient (Wildman–Crippen LogP) is 5.72. The lowest BCUT2D eigenvalue weighted by molar-refractivity contribution is 0.969. The topological polar surface area (TPSA) is 309 Å². The second kappa shape index (κ2) is 56.1. The Labute approximate surface area is 415 Å². The third-order valence-electron chi connectivity index (χ3n) is 5.79. The van der Waals surface area contributed by atoms with E-state index in [0.717, 1.165) is 0 Å². The van der Waals surface area contributed by atoms with Gasteiger partial charge in [-0.3, -0.25) is 24.9 Å². The van der Waals surface area contributed by atoms with E-state index in [4.69, 9.17) is 0 Å². The summed E-state index contributed by atoms with van der Waals surface area (Å²) in [5, 5.41) is 27.9. The summed E-state index contributed by atoms with van der Waals surface area (Å²) in [7, 11) is 0. The summed E-state index contributed by atoms with van der Waals surface area (Å²) < 4.78 is 0. The van der Waals surface area contributed by atoms with E-state index >= 15 is 0 Å². The molecule has 0 bridgehead atoms. The van der Waals surface area contributed by atoms with Crippen LogP contribution in [-0.4, -0.2) is 121 Å². The van der Waals surface area contributed by atoms with Crippen molar-refractivity contribution in [3.63, 3.8) is 0 Å². The average molecular weight is 961 g/mol. The molecule has 0 fully saturated rings. The normalized spacial score (nSPS) is 8.00. The zero-order chi connectivity index (χ0) is 50.9. The SMILES string of the molecule is c1ccncc1.c1ccncc1.c1ccncc1.c1ccnnc1.c1ccnnc1.c1cnccn1.c1cncnc1.c1cncnc1.c1cncnc1.c1cnncn1.c1cnncn1.c1ncncn1. The molecule has 0 N–H and O–H groups in total. The highest BCUT2D eigenvalue weighted by Gasteiger charge is 1.65. The monoisotopic (exact) mass is 960 g/mol. The molecule has 0 aliphatic heterocycles. The molecular weight excluding hydrogens is 913 g/mol. The third kappa shape index (κ3) is 53.3. The Balaban J connectivity index is 0.000000393. The zero-order valence-corrected chi connectivity index (χ0v) is 38.4. The van der Waals surface area contributed by atoms with Crippen LogP contribution < -0.4 is 0 Å². The summed E-state index contributed by atoms with van der Waals surface area (Å²) in [5.74, 6) is 0. The standard InChI is InChI=1S/3C5H5N.6C4H4N2.3C3H3N3/c3*1-2-4-6-5-3-1;1-2-6-4-3-5-1;3*1-2-5-4-6-3-1;2*1-2-4-6-5-3-1;1-4-2-6-3-5-1;2*1-2-5-6-3-4-1/h3*1-5H;6*1-4H;3*1-3H. The van der Waals surface area contributed by atoms with Crippen molar-refractivity contribution < 1.29 is 0 Å². The number of aromatic nitrogens is 24. The summed E-state index contributed by atoms with van der Waals surface area (Å²) in [6, 6.07) is 29.8. The Kier molecular flexibility index (Phi) is 45.9. The maximum Gasteiger partial charge on any atom is 0.138 e. The van der Waals surface area contributed by atoms with Crippen molar-refractivity contribution >= 4 is 0 Å². The molecule has 0 unspecified atom stereocenters. The van der Waals surface area contributed by atoms with Crippen LogP contribution in [0.25, 0.3) is 0 Å². The summed E-state index contributed by atoms with van der Waals surface area (Å²) >= 11 is 0. The van der Waals surface area contributed by atoms with Crippen molar-refractivity contribution in [2.45, 2.75) is 0 Å². The molecule has 0 saturated heterocycles. The minimum absolute atomic E-state index is 1.39. The molecule has 24 nitrogen and oxygen atoms in total. The molecule has 0 spiro atoms. The van der Waals surface area contributed by atoms with Crippen LogP contribution in [0, 0.1) is 0 Å². The van der Waals surface area contributed by atoms with E-state index in [0.29, 0.717) is 0 Å². The van der Waals surface area contributed by atoms with Crippen LogP contribution in [0.15, 0.2) is 296 Å². The van der Waals surface area contributed by atoms with Gasteiger partial charge in [-0.05, 0) is 78.9 Å². The Hall–Kier alpha value is -11.0. The molecule has 0 aliphatic carbocycles. The first kappa shape index (κ1) is 59.0. The van der Waals surface area contributed by atoms with Gasteiger partial charge in [0.15, 0.2) is 0 Å². The molecule has 12 heterocycles. The quantitative estimate of drug-likeness (QED) is 0.175. The van der Waals surface area contributed by atoms with Crippen molar-refractivity contribution in [1.29, 1.82) is 0 Å². The van der Waals surface area contributed by atoms with Gasteiger partial charge in [0.2, 0.25) is 0 Å². The first-order valence-electron chi connectivity index (χ1n) is 20.5. The highest BCUT2D eigenvalue weighted by atomic mass is 15.1. The van der Waals surface area contributed by atoms with E-state index in [1.807, 2.05) is 78.9 Å². The zero-order valence-electron chi connectivity index (χ0n) is 38.4. The second-order valence-electron chi connectivity index (χ2n) is 10.9. The van der Waals surface area contributed by atoms with Gasteiger partial charge in [0.1, 0.15) is 50.6 Å². The van der Waals surface area contributed by atoms with E-state index in [-0.39, 0.29) is 0 Å².